The molecule has 2 amide bonds. The van der Waals surface area contributed by atoms with Gasteiger partial charge in [-0.2, -0.15) is 0 Å². The van der Waals surface area contributed by atoms with Gasteiger partial charge in [0.05, 0.1) is 11.9 Å². The molecule has 214 valence electrons. The molecular weight excluding hydrogens is 658 g/mol. The molecule has 0 spiro atoms. The summed E-state index contributed by atoms with van der Waals surface area (Å²) >= 11 is 6.93. The summed E-state index contributed by atoms with van der Waals surface area (Å²) in [5.74, 6) is -0.805. The fourth-order valence-corrected chi connectivity index (χ4v) is 5.77. The van der Waals surface area contributed by atoms with Gasteiger partial charge in [-0.15, -0.1) is 0 Å². The number of halogens is 2. The summed E-state index contributed by atoms with van der Waals surface area (Å²) in [6.45, 7) is 7.15. The summed E-state index contributed by atoms with van der Waals surface area (Å²) in [6.07, 6.45) is 1.34. The lowest BCUT2D eigenvalue weighted by molar-refractivity contribution is -0.140. The van der Waals surface area contributed by atoms with Crippen LogP contribution in [0.1, 0.15) is 37.5 Å². The van der Waals surface area contributed by atoms with Crippen LogP contribution in [-0.2, 0) is 32.6 Å². The summed E-state index contributed by atoms with van der Waals surface area (Å²) in [5.41, 5.74) is 2.35. The fourth-order valence-electron chi connectivity index (χ4n) is 4.24. The van der Waals surface area contributed by atoms with Crippen LogP contribution in [0.2, 0.25) is 0 Å². The van der Waals surface area contributed by atoms with Gasteiger partial charge in [0, 0.05) is 27.4 Å². The molecular formula is C30H35Br2N3O4S. The van der Waals surface area contributed by atoms with Crippen LogP contribution in [-0.4, -0.2) is 49.5 Å². The van der Waals surface area contributed by atoms with Gasteiger partial charge in [0.2, 0.25) is 21.8 Å². The Morgan fingerprint density at radius 3 is 2.15 bits per heavy atom. The molecule has 0 heterocycles. The number of hydrogen-bond donors (Lipinski definition) is 1. The SMILES string of the molecule is Cc1cc(N(CC(=O)N(Cc2cccc(Br)c2)[C@H](Cc2ccccc2)C(=O)NC(C)(C)C)S(C)(=O)=O)ccc1Br. The van der Waals surface area contributed by atoms with E-state index in [0.717, 1.165) is 36.2 Å². The summed E-state index contributed by atoms with van der Waals surface area (Å²) in [6, 6.07) is 21.2. The maximum atomic E-state index is 14.1. The second-order valence-electron chi connectivity index (χ2n) is 10.8. The maximum Gasteiger partial charge on any atom is 0.244 e. The molecule has 0 saturated heterocycles. The minimum atomic E-state index is -3.83. The van der Waals surface area contributed by atoms with E-state index in [4.69, 9.17) is 0 Å². The Hall–Kier alpha value is -2.69. The maximum absolute atomic E-state index is 14.1. The molecule has 0 bridgehead atoms. The third-order valence-electron chi connectivity index (χ3n) is 6.12. The van der Waals surface area contributed by atoms with Gasteiger partial charge >= 0.3 is 0 Å². The van der Waals surface area contributed by atoms with Crippen molar-refractivity contribution in [2.24, 2.45) is 0 Å². The third kappa shape index (κ3) is 9.17. The van der Waals surface area contributed by atoms with E-state index in [9.17, 15) is 18.0 Å². The molecule has 0 aliphatic rings. The van der Waals surface area contributed by atoms with Crippen molar-refractivity contribution in [3.05, 3.63) is 98.4 Å². The molecule has 1 N–H and O–H groups in total. The van der Waals surface area contributed by atoms with Gasteiger partial charge in [0.25, 0.3) is 0 Å². The average molecular weight is 694 g/mol. The first-order valence-corrected chi connectivity index (χ1v) is 16.2. The predicted molar refractivity (Wildman–Crippen MR) is 168 cm³/mol. The number of carbonyl (C=O) groups excluding carboxylic acids is 2. The number of nitrogens with zero attached hydrogens (tertiary/aromatic N) is 2. The monoisotopic (exact) mass is 691 g/mol. The highest BCUT2D eigenvalue weighted by Gasteiger charge is 2.34. The molecule has 40 heavy (non-hydrogen) atoms. The molecule has 0 radical (unpaired) electrons. The molecule has 0 aliphatic carbocycles. The van der Waals surface area contributed by atoms with E-state index in [2.05, 4.69) is 37.2 Å². The predicted octanol–water partition coefficient (Wildman–Crippen LogP) is 5.84. The van der Waals surface area contributed by atoms with E-state index < -0.39 is 34.1 Å². The molecule has 0 fully saturated rings. The van der Waals surface area contributed by atoms with Crippen LogP contribution in [0.25, 0.3) is 0 Å². The van der Waals surface area contributed by atoms with Gasteiger partial charge in [-0.05, 0) is 74.7 Å². The van der Waals surface area contributed by atoms with Gasteiger partial charge in [-0.1, -0.05) is 74.3 Å². The van der Waals surface area contributed by atoms with Crippen molar-refractivity contribution >= 4 is 59.4 Å². The zero-order valence-corrected chi connectivity index (χ0v) is 27.3. The van der Waals surface area contributed by atoms with Crippen molar-refractivity contribution in [2.45, 2.75) is 52.2 Å². The largest absolute Gasteiger partial charge is 0.350 e. The zero-order valence-electron chi connectivity index (χ0n) is 23.3. The summed E-state index contributed by atoms with van der Waals surface area (Å²) in [7, 11) is -3.83. The number of amides is 2. The topological polar surface area (TPSA) is 86.8 Å². The normalized spacial score (nSPS) is 12.5. The van der Waals surface area contributed by atoms with E-state index >= 15 is 0 Å². The van der Waals surface area contributed by atoms with Gasteiger partial charge in [-0.3, -0.25) is 13.9 Å². The minimum absolute atomic E-state index is 0.115. The molecule has 3 aromatic carbocycles. The molecule has 3 aromatic rings. The smallest absolute Gasteiger partial charge is 0.244 e. The highest BCUT2D eigenvalue weighted by atomic mass is 79.9. The van der Waals surface area contributed by atoms with Crippen LogP contribution in [0.5, 0.6) is 0 Å². The molecule has 0 unspecified atom stereocenters. The van der Waals surface area contributed by atoms with Crippen LogP contribution in [0.3, 0.4) is 0 Å². The summed E-state index contributed by atoms with van der Waals surface area (Å²) in [5, 5.41) is 3.02. The number of rotatable bonds is 10. The second kappa shape index (κ2) is 13.3. The van der Waals surface area contributed by atoms with Crippen molar-refractivity contribution in [1.29, 1.82) is 0 Å². The fraction of sp³-hybridized carbons (Fsp3) is 0.333. The van der Waals surface area contributed by atoms with Crippen LogP contribution in [0.4, 0.5) is 5.69 Å². The van der Waals surface area contributed by atoms with E-state index in [0.29, 0.717) is 5.69 Å². The molecule has 3 rings (SSSR count). The van der Waals surface area contributed by atoms with Crippen molar-refractivity contribution in [3.8, 4) is 0 Å². The standard InChI is InChI=1S/C30H35Br2N3O4S/c1-21-16-25(14-15-26(21)32)35(40(5,38)39)20-28(36)34(19-23-12-9-13-24(31)17-23)27(29(37)33-30(2,3)4)18-22-10-7-6-8-11-22/h6-17,27H,18-20H2,1-5H3,(H,33,37)/t27-/m1/s1. The third-order valence-corrected chi connectivity index (χ3v) is 8.64. The first-order chi connectivity index (χ1) is 18.6. The number of aryl methyl sites for hydroxylation is 1. The number of nitrogens with one attached hydrogen (secondary N) is 1. The number of hydrogen-bond acceptors (Lipinski definition) is 4. The van der Waals surface area contributed by atoms with Gasteiger partial charge in [-0.25, -0.2) is 8.42 Å². The Labute approximate surface area is 254 Å². The highest BCUT2D eigenvalue weighted by Crippen LogP contribution is 2.26. The van der Waals surface area contributed by atoms with Crippen molar-refractivity contribution < 1.29 is 18.0 Å². The Kier molecular flexibility index (Phi) is 10.6. The highest BCUT2D eigenvalue weighted by molar-refractivity contribution is 9.10. The molecule has 0 aliphatic heterocycles. The number of carbonyl (C=O) groups is 2. The second-order valence-corrected chi connectivity index (χ2v) is 14.5. The molecule has 0 saturated carbocycles. The van der Waals surface area contributed by atoms with Crippen LogP contribution >= 0.6 is 31.9 Å². The number of anilines is 1. The van der Waals surface area contributed by atoms with Crippen LogP contribution in [0.15, 0.2) is 81.7 Å². The van der Waals surface area contributed by atoms with Gasteiger partial charge in [0.15, 0.2) is 0 Å². The lowest BCUT2D eigenvalue weighted by atomic mass is 10.0. The molecule has 7 nitrogen and oxygen atoms in total. The summed E-state index contributed by atoms with van der Waals surface area (Å²) in [4.78, 5) is 29.4. The van der Waals surface area contributed by atoms with Crippen molar-refractivity contribution in [3.63, 3.8) is 0 Å². The minimum Gasteiger partial charge on any atom is -0.350 e. The Morgan fingerprint density at radius 2 is 1.57 bits per heavy atom. The van der Waals surface area contributed by atoms with Crippen molar-refractivity contribution in [1.82, 2.24) is 10.2 Å². The zero-order chi connectivity index (χ0) is 29.7. The Morgan fingerprint density at radius 1 is 0.925 bits per heavy atom. The number of sulfonamides is 1. The van der Waals surface area contributed by atoms with Crippen LogP contribution < -0.4 is 9.62 Å². The van der Waals surface area contributed by atoms with Gasteiger partial charge in [0.1, 0.15) is 12.6 Å². The molecule has 10 heteroatoms. The lowest BCUT2D eigenvalue weighted by Crippen LogP contribution is -2.56. The summed E-state index contributed by atoms with van der Waals surface area (Å²) < 4.78 is 28.6. The van der Waals surface area contributed by atoms with E-state index in [1.165, 1.54) is 4.90 Å². The number of benzene rings is 3. The van der Waals surface area contributed by atoms with Crippen molar-refractivity contribution in [2.75, 3.05) is 17.1 Å². The van der Waals surface area contributed by atoms with Gasteiger partial charge < -0.3 is 10.2 Å². The van der Waals surface area contributed by atoms with E-state index in [-0.39, 0.29) is 18.9 Å². The Balaban J connectivity index is 2.09. The van der Waals surface area contributed by atoms with Crippen LogP contribution in [0, 0.1) is 6.92 Å². The van der Waals surface area contributed by atoms with E-state index in [1.807, 2.05) is 82.3 Å². The Bertz CT molecular complexity index is 1460. The average Bonchev–Trinajstić information content (AvgIpc) is 2.85. The quantitative estimate of drug-likeness (QED) is 0.289. The first-order valence-electron chi connectivity index (χ1n) is 12.8. The van der Waals surface area contributed by atoms with E-state index in [1.54, 1.807) is 18.2 Å². The first kappa shape index (κ1) is 31.8. The molecule has 1 atom stereocenters. The lowest BCUT2D eigenvalue weighted by Gasteiger charge is -2.35. The molecule has 0 aromatic heterocycles.